The van der Waals surface area contributed by atoms with Crippen molar-refractivity contribution in [2.75, 3.05) is 33.8 Å². The van der Waals surface area contributed by atoms with Crippen LogP contribution in [0.15, 0.2) is 0 Å². The number of nitrogens with one attached hydrogen (secondary N) is 1. The van der Waals surface area contributed by atoms with E-state index in [1.54, 1.807) is 0 Å². The molecule has 1 rings (SSSR count). The zero-order valence-corrected chi connectivity index (χ0v) is 14.1. The van der Waals surface area contributed by atoms with Crippen molar-refractivity contribution in [3.05, 3.63) is 0 Å². The minimum atomic E-state index is 0.0423. The molecule has 124 valence electrons. The fourth-order valence-electron chi connectivity index (χ4n) is 3.16. The Hall–Kier alpha value is -0.810. The lowest BCUT2D eigenvalue weighted by Gasteiger charge is -2.37. The van der Waals surface area contributed by atoms with Gasteiger partial charge in [-0.05, 0) is 52.1 Å². The summed E-state index contributed by atoms with van der Waals surface area (Å²) in [7, 11) is 4.07. The largest absolute Gasteiger partial charge is 0.396 e. The summed E-state index contributed by atoms with van der Waals surface area (Å²) >= 11 is 0. The molecule has 0 spiro atoms. The molecule has 5 nitrogen and oxygen atoms in total. The van der Waals surface area contributed by atoms with Gasteiger partial charge < -0.3 is 20.2 Å². The maximum atomic E-state index is 12.6. The van der Waals surface area contributed by atoms with E-state index in [2.05, 4.69) is 24.1 Å². The Kier molecular flexibility index (Phi) is 8.04. The average Bonchev–Trinajstić information content (AvgIpc) is 2.38. The molecule has 2 atom stereocenters. The summed E-state index contributed by atoms with van der Waals surface area (Å²) in [4.78, 5) is 16.6. The summed E-state index contributed by atoms with van der Waals surface area (Å²) in [5.41, 5.74) is 0. The molecule has 0 radical (unpaired) electrons. The summed E-state index contributed by atoms with van der Waals surface area (Å²) in [5.74, 6) is 0.560. The van der Waals surface area contributed by atoms with Crippen molar-refractivity contribution in [3.63, 3.8) is 0 Å². The van der Waals surface area contributed by atoms with Crippen LogP contribution >= 0.6 is 0 Å². The fourth-order valence-corrected chi connectivity index (χ4v) is 3.16. The number of carbonyl (C=O) groups excluding carboxylic acids is 1. The zero-order chi connectivity index (χ0) is 15.8. The molecule has 1 fully saturated rings. The van der Waals surface area contributed by atoms with Crippen LogP contribution in [-0.4, -0.2) is 66.8 Å². The first-order valence-electron chi connectivity index (χ1n) is 8.26. The van der Waals surface area contributed by atoms with Crippen LogP contribution in [0.25, 0.3) is 0 Å². The molecule has 1 heterocycles. The normalized spacial score (nSPS) is 20.9. The number of piperidine rings is 1. The van der Waals surface area contributed by atoms with Crippen molar-refractivity contribution in [3.8, 4) is 0 Å². The van der Waals surface area contributed by atoms with Gasteiger partial charge in [-0.15, -0.1) is 0 Å². The van der Waals surface area contributed by atoms with Crippen LogP contribution in [0, 0.1) is 5.92 Å². The zero-order valence-electron chi connectivity index (χ0n) is 14.1. The number of hydrogen-bond donors (Lipinski definition) is 2. The Balaban J connectivity index is 2.60. The van der Waals surface area contributed by atoms with E-state index in [0.29, 0.717) is 12.3 Å². The second kappa shape index (κ2) is 9.26. The molecule has 0 aromatic rings. The predicted octanol–water partition coefficient (Wildman–Crippen LogP) is 1.91. The van der Waals surface area contributed by atoms with Gasteiger partial charge in [0.2, 0.25) is 0 Å². The number of carbonyl (C=O) groups is 1. The molecule has 0 bridgehead atoms. The SMILES string of the molecule is CC(C)CC(CN(C)C)NC(=O)N1CCCCC1CCO. The maximum Gasteiger partial charge on any atom is 0.317 e. The topological polar surface area (TPSA) is 55.8 Å². The molecule has 2 N–H and O–H groups in total. The van der Waals surface area contributed by atoms with Gasteiger partial charge in [-0.1, -0.05) is 13.8 Å². The van der Waals surface area contributed by atoms with E-state index in [4.69, 9.17) is 0 Å². The van der Waals surface area contributed by atoms with Crippen molar-refractivity contribution in [2.45, 2.75) is 58.0 Å². The highest BCUT2D eigenvalue weighted by molar-refractivity contribution is 5.75. The Morgan fingerprint density at radius 3 is 2.67 bits per heavy atom. The van der Waals surface area contributed by atoms with Crippen LogP contribution in [0.2, 0.25) is 0 Å². The predicted molar refractivity (Wildman–Crippen MR) is 86.4 cm³/mol. The molecule has 2 amide bonds. The molecular formula is C16H33N3O2. The minimum Gasteiger partial charge on any atom is -0.396 e. The molecule has 1 aliphatic rings. The monoisotopic (exact) mass is 299 g/mol. The van der Waals surface area contributed by atoms with E-state index in [-0.39, 0.29) is 24.7 Å². The first kappa shape index (κ1) is 18.2. The molecule has 0 aromatic carbocycles. The molecule has 21 heavy (non-hydrogen) atoms. The Labute approximate surface area is 129 Å². The van der Waals surface area contributed by atoms with E-state index in [1.165, 1.54) is 0 Å². The summed E-state index contributed by atoms with van der Waals surface area (Å²) in [5, 5.41) is 12.4. The minimum absolute atomic E-state index is 0.0423. The quantitative estimate of drug-likeness (QED) is 0.755. The van der Waals surface area contributed by atoms with Gasteiger partial charge >= 0.3 is 6.03 Å². The van der Waals surface area contributed by atoms with Gasteiger partial charge in [-0.3, -0.25) is 0 Å². The van der Waals surface area contributed by atoms with Crippen LogP contribution in [0.3, 0.4) is 0 Å². The van der Waals surface area contributed by atoms with Crippen LogP contribution in [0.1, 0.15) is 46.0 Å². The number of urea groups is 1. The van der Waals surface area contributed by atoms with E-state index >= 15 is 0 Å². The second-order valence-electron chi connectivity index (χ2n) is 6.89. The number of amides is 2. The first-order chi connectivity index (χ1) is 9.93. The Bertz CT molecular complexity index is 296. The van der Waals surface area contributed by atoms with Crippen LogP contribution in [0.4, 0.5) is 4.79 Å². The van der Waals surface area contributed by atoms with Gasteiger partial charge in [0.1, 0.15) is 0 Å². The van der Waals surface area contributed by atoms with E-state index in [9.17, 15) is 9.90 Å². The standard InChI is InChI=1S/C16H33N3O2/c1-13(2)11-14(12-18(3)4)17-16(21)19-9-6-5-7-15(19)8-10-20/h13-15,20H,5-12H2,1-4H3,(H,17,21). The van der Waals surface area contributed by atoms with Crippen molar-refractivity contribution < 1.29 is 9.90 Å². The molecule has 2 unspecified atom stereocenters. The van der Waals surface area contributed by atoms with Gasteiger partial charge in [-0.2, -0.15) is 0 Å². The highest BCUT2D eigenvalue weighted by Crippen LogP contribution is 2.20. The number of nitrogens with zero attached hydrogens (tertiary/aromatic N) is 2. The van der Waals surface area contributed by atoms with E-state index < -0.39 is 0 Å². The van der Waals surface area contributed by atoms with Gasteiger partial charge in [0.05, 0.1) is 0 Å². The lowest BCUT2D eigenvalue weighted by molar-refractivity contribution is 0.127. The van der Waals surface area contributed by atoms with E-state index in [0.717, 1.165) is 38.8 Å². The smallest absolute Gasteiger partial charge is 0.317 e. The van der Waals surface area contributed by atoms with Crippen LogP contribution < -0.4 is 5.32 Å². The summed E-state index contributed by atoms with van der Waals surface area (Å²) in [6, 6.07) is 0.424. The molecule has 0 aromatic heterocycles. The van der Waals surface area contributed by atoms with Crippen LogP contribution in [0.5, 0.6) is 0 Å². The summed E-state index contributed by atoms with van der Waals surface area (Å²) in [6.07, 6.45) is 4.91. The van der Waals surface area contributed by atoms with Gasteiger partial charge in [0, 0.05) is 31.8 Å². The lowest BCUT2D eigenvalue weighted by atomic mass is 10.00. The number of aliphatic hydroxyl groups excluding tert-OH is 1. The summed E-state index contributed by atoms with van der Waals surface area (Å²) in [6.45, 7) is 6.20. The van der Waals surface area contributed by atoms with Crippen molar-refractivity contribution in [1.29, 1.82) is 0 Å². The second-order valence-corrected chi connectivity index (χ2v) is 6.89. The number of rotatable bonds is 7. The van der Waals surface area contributed by atoms with Crippen LogP contribution in [-0.2, 0) is 0 Å². The van der Waals surface area contributed by atoms with Gasteiger partial charge in [0.25, 0.3) is 0 Å². The van der Waals surface area contributed by atoms with Gasteiger partial charge in [0.15, 0.2) is 0 Å². The first-order valence-corrected chi connectivity index (χ1v) is 8.26. The lowest BCUT2D eigenvalue weighted by Crippen LogP contribution is -2.53. The molecular weight excluding hydrogens is 266 g/mol. The third-order valence-corrected chi connectivity index (χ3v) is 4.02. The maximum absolute atomic E-state index is 12.6. The molecule has 0 saturated carbocycles. The van der Waals surface area contributed by atoms with Crippen molar-refractivity contribution in [2.24, 2.45) is 5.92 Å². The fraction of sp³-hybridized carbons (Fsp3) is 0.938. The number of likely N-dealkylation sites (N-methyl/N-ethyl adjacent to an activating group) is 1. The number of likely N-dealkylation sites (tertiary alicyclic amines) is 1. The number of aliphatic hydroxyl groups is 1. The van der Waals surface area contributed by atoms with Crippen molar-refractivity contribution in [1.82, 2.24) is 15.1 Å². The molecule has 0 aliphatic carbocycles. The highest BCUT2D eigenvalue weighted by atomic mass is 16.3. The Morgan fingerprint density at radius 2 is 2.10 bits per heavy atom. The molecule has 1 aliphatic heterocycles. The third-order valence-electron chi connectivity index (χ3n) is 4.02. The Morgan fingerprint density at radius 1 is 1.38 bits per heavy atom. The third kappa shape index (κ3) is 6.66. The summed E-state index contributed by atoms with van der Waals surface area (Å²) < 4.78 is 0. The molecule has 5 heteroatoms. The van der Waals surface area contributed by atoms with Gasteiger partial charge in [-0.25, -0.2) is 4.79 Å². The number of hydrogen-bond acceptors (Lipinski definition) is 3. The average molecular weight is 299 g/mol. The van der Waals surface area contributed by atoms with Crippen molar-refractivity contribution >= 4 is 6.03 Å². The molecule has 1 saturated heterocycles. The highest BCUT2D eigenvalue weighted by Gasteiger charge is 2.27. The van der Waals surface area contributed by atoms with E-state index in [1.807, 2.05) is 19.0 Å².